The third-order valence-electron chi connectivity index (χ3n) is 4.47. The lowest BCUT2D eigenvalue weighted by Crippen LogP contribution is -2.42. The van der Waals surface area contributed by atoms with Crippen LogP contribution in [0.1, 0.15) is 11.3 Å². The fraction of sp³-hybridized carbons (Fsp3) is 0.211. The van der Waals surface area contributed by atoms with Crippen molar-refractivity contribution in [3.63, 3.8) is 0 Å². The van der Waals surface area contributed by atoms with Crippen molar-refractivity contribution >= 4 is 11.6 Å². The summed E-state index contributed by atoms with van der Waals surface area (Å²) in [6.45, 7) is 0.0869. The van der Waals surface area contributed by atoms with Gasteiger partial charge in [0.05, 0.1) is 17.8 Å². The Bertz CT molecular complexity index is 1100. The highest BCUT2D eigenvalue weighted by Crippen LogP contribution is 2.18. The molecule has 2 aromatic heterocycles. The molecule has 4 rings (SSSR count). The molecule has 0 radical (unpaired) electrons. The molecule has 1 aliphatic rings. The van der Waals surface area contributed by atoms with E-state index in [9.17, 15) is 18.4 Å². The van der Waals surface area contributed by atoms with Gasteiger partial charge in [-0.3, -0.25) is 14.0 Å². The van der Waals surface area contributed by atoms with Gasteiger partial charge in [0.25, 0.3) is 11.5 Å². The molecular weight excluding hydrogens is 356 g/mol. The SMILES string of the molecule is O=C(COc1ccccc1F)N1CCc2nc3ccc(F)cn3c(=O)c2C1. The number of fused-ring (bicyclic) bond motifs is 2. The topological polar surface area (TPSA) is 63.9 Å². The van der Waals surface area contributed by atoms with Gasteiger partial charge in [-0.2, -0.15) is 0 Å². The Morgan fingerprint density at radius 2 is 2.00 bits per heavy atom. The quantitative estimate of drug-likeness (QED) is 0.706. The molecule has 0 unspecified atom stereocenters. The molecule has 8 heteroatoms. The Morgan fingerprint density at radius 1 is 1.19 bits per heavy atom. The number of aromatic nitrogens is 2. The first-order valence-corrected chi connectivity index (χ1v) is 8.38. The predicted octanol–water partition coefficient (Wildman–Crippen LogP) is 1.94. The standard InChI is InChI=1S/C19H15F2N3O3/c20-12-5-6-17-22-15-7-8-23(10-13(15)19(26)24(17)9-12)18(25)11-27-16-4-2-1-3-14(16)21/h1-6,9H,7-8,10-11H2. The second-order valence-corrected chi connectivity index (χ2v) is 6.20. The lowest BCUT2D eigenvalue weighted by Gasteiger charge is -2.28. The van der Waals surface area contributed by atoms with Crippen molar-refractivity contribution in [1.29, 1.82) is 0 Å². The van der Waals surface area contributed by atoms with Crippen LogP contribution in [0.4, 0.5) is 8.78 Å². The first-order valence-electron chi connectivity index (χ1n) is 8.38. The Morgan fingerprint density at radius 3 is 2.81 bits per heavy atom. The molecule has 0 spiro atoms. The summed E-state index contributed by atoms with van der Waals surface area (Å²) >= 11 is 0. The number of carbonyl (C=O) groups is 1. The Hall–Kier alpha value is -3.29. The highest BCUT2D eigenvalue weighted by Gasteiger charge is 2.25. The summed E-state index contributed by atoms with van der Waals surface area (Å²) in [4.78, 5) is 30.9. The van der Waals surface area contributed by atoms with Gasteiger partial charge in [0.1, 0.15) is 11.5 Å². The van der Waals surface area contributed by atoms with Crippen LogP contribution in [0.3, 0.4) is 0 Å². The molecule has 1 amide bonds. The largest absolute Gasteiger partial charge is 0.481 e. The van der Waals surface area contributed by atoms with Crippen LogP contribution in [0.25, 0.3) is 5.65 Å². The first kappa shape index (κ1) is 17.1. The molecule has 0 saturated carbocycles. The van der Waals surface area contributed by atoms with E-state index in [1.807, 2.05) is 0 Å². The number of hydrogen-bond acceptors (Lipinski definition) is 4. The van der Waals surface area contributed by atoms with E-state index in [0.29, 0.717) is 29.9 Å². The first-order chi connectivity index (χ1) is 13.0. The maximum Gasteiger partial charge on any atom is 0.263 e. The number of ether oxygens (including phenoxy) is 1. The van der Waals surface area contributed by atoms with Gasteiger partial charge in [-0.25, -0.2) is 13.8 Å². The van der Waals surface area contributed by atoms with Gasteiger partial charge in [-0.15, -0.1) is 0 Å². The van der Waals surface area contributed by atoms with Gasteiger partial charge < -0.3 is 9.64 Å². The second-order valence-electron chi connectivity index (χ2n) is 6.20. The fourth-order valence-corrected chi connectivity index (χ4v) is 3.08. The highest BCUT2D eigenvalue weighted by atomic mass is 19.1. The smallest absolute Gasteiger partial charge is 0.263 e. The van der Waals surface area contributed by atoms with Crippen LogP contribution in [0.2, 0.25) is 0 Å². The van der Waals surface area contributed by atoms with Crippen molar-refractivity contribution in [3.8, 4) is 5.75 Å². The molecule has 0 aliphatic carbocycles. The number of rotatable bonds is 3. The van der Waals surface area contributed by atoms with Crippen LogP contribution in [0, 0.1) is 11.6 Å². The van der Waals surface area contributed by atoms with Crippen molar-refractivity contribution in [2.75, 3.05) is 13.2 Å². The molecule has 27 heavy (non-hydrogen) atoms. The zero-order chi connectivity index (χ0) is 19.0. The monoisotopic (exact) mass is 371 g/mol. The van der Waals surface area contributed by atoms with E-state index in [2.05, 4.69) is 4.98 Å². The molecule has 0 fully saturated rings. The average Bonchev–Trinajstić information content (AvgIpc) is 2.68. The van der Waals surface area contributed by atoms with Crippen molar-refractivity contribution in [2.24, 2.45) is 0 Å². The Balaban J connectivity index is 1.54. The van der Waals surface area contributed by atoms with Gasteiger partial charge >= 0.3 is 0 Å². The molecule has 0 bridgehead atoms. The van der Waals surface area contributed by atoms with Crippen LogP contribution >= 0.6 is 0 Å². The molecule has 0 atom stereocenters. The Labute approximate surface area is 152 Å². The van der Waals surface area contributed by atoms with Gasteiger partial charge in [0.15, 0.2) is 18.2 Å². The minimum Gasteiger partial charge on any atom is -0.481 e. The van der Waals surface area contributed by atoms with Gasteiger partial charge in [-0.1, -0.05) is 12.1 Å². The van der Waals surface area contributed by atoms with Crippen molar-refractivity contribution in [3.05, 3.63) is 75.8 Å². The highest BCUT2D eigenvalue weighted by molar-refractivity contribution is 5.78. The number of nitrogens with zero attached hydrogens (tertiary/aromatic N) is 3. The van der Waals surface area contributed by atoms with Gasteiger partial charge in [0, 0.05) is 19.2 Å². The molecule has 6 nitrogen and oxygen atoms in total. The number of amides is 1. The van der Waals surface area contributed by atoms with Crippen LogP contribution in [-0.2, 0) is 17.8 Å². The van der Waals surface area contributed by atoms with E-state index in [-0.39, 0.29) is 24.8 Å². The van der Waals surface area contributed by atoms with Crippen LogP contribution in [0.15, 0.2) is 47.4 Å². The van der Waals surface area contributed by atoms with Gasteiger partial charge in [-0.05, 0) is 24.3 Å². The van der Waals surface area contributed by atoms with Crippen molar-refractivity contribution in [2.45, 2.75) is 13.0 Å². The fourth-order valence-electron chi connectivity index (χ4n) is 3.08. The molecule has 0 N–H and O–H groups in total. The zero-order valence-electron chi connectivity index (χ0n) is 14.2. The second kappa shape index (κ2) is 6.79. The van der Waals surface area contributed by atoms with E-state index in [1.165, 1.54) is 35.2 Å². The summed E-state index contributed by atoms with van der Waals surface area (Å²) in [6.07, 6.45) is 1.48. The van der Waals surface area contributed by atoms with Crippen molar-refractivity contribution < 1.29 is 18.3 Å². The summed E-state index contributed by atoms with van der Waals surface area (Å²) in [5.41, 5.74) is 0.916. The molecule has 3 heterocycles. The van der Waals surface area contributed by atoms with E-state index < -0.39 is 17.2 Å². The van der Waals surface area contributed by atoms with E-state index in [0.717, 1.165) is 10.6 Å². The van der Waals surface area contributed by atoms with Gasteiger partial charge in [0.2, 0.25) is 0 Å². The maximum atomic E-state index is 13.6. The maximum absolute atomic E-state index is 13.6. The summed E-state index contributed by atoms with van der Waals surface area (Å²) in [5, 5.41) is 0. The normalized spacial score (nSPS) is 13.5. The van der Waals surface area contributed by atoms with E-state index in [1.54, 1.807) is 6.07 Å². The van der Waals surface area contributed by atoms with E-state index in [4.69, 9.17) is 4.74 Å². The van der Waals surface area contributed by atoms with Crippen molar-refractivity contribution in [1.82, 2.24) is 14.3 Å². The Kier molecular flexibility index (Phi) is 4.31. The summed E-state index contributed by atoms with van der Waals surface area (Å²) in [7, 11) is 0. The third-order valence-corrected chi connectivity index (χ3v) is 4.47. The summed E-state index contributed by atoms with van der Waals surface area (Å²) in [5.74, 6) is -1.47. The number of benzene rings is 1. The summed E-state index contributed by atoms with van der Waals surface area (Å²) in [6, 6.07) is 8.50. The third kappa shape index (κ3) is 3.25. The zero-order valence-corrected chi connectivity index (χ0v) is 14.2. The minimum atomic E-state index is -0.551. The molecule has 3 aromatic rings. The number of pyridine rings is 1. The molecule has 0 saturated heterocycles. The molecule has 1 aliphatic heterocycles. The van der Waals surface area contributed by atoms with E-state index >= 15 is 0 Å². The van der Waals surface area contributed by atoms with Crippen LogP contribution in [-0.4, -0.2) is 33.3 Å². The lowest BCUT2D eigenvalue weighted by atomic mass is 10.1. The van der Waals surface area contributed by atoms with Crippen LogP contribution < -0.4 is 10.3 Å². The molecule has 138 valence electrons. The average molecular weight is 371 g/mol. The van der Waals surface area contributed by atoms with Crippen LogP contribution in [0.5, 0.6) is 5.75 Å². The predicted molar refractivity (Wildman–Crippen MR) is 92.4 cm³/mol. The lowest BCUT2D eigenvalue weighted by molar-refractivity contribution is -0.134. The number of carbonyl (C=O) groups excluding carboxylic acids is 1. The number of para-hydroxylation sites is 1. The minimum absolute atomic E-state index is 0.00790. The number of hydrogen-bond donors (Lipinski definition) is 0. The molecular formula is C19H15F2N3O3. The number of halogens is 2. The molecule has 1 aromatic carbocycles. The summed E-state index contributed by atoms with van der Waals surface area (Å²) < 4.78 is 33.4.